The minimum absolute atomic E-state index is 0.304. The number of rotatable bonds is 4. The van der Waals surface area contributed by atoms with E-state index in [-0.39, 0.29) is 6.03 Å². The van der Waals surface area contributed by atoms with Crippen molar-refractivity contribution in [1.82, 2.24) is 14.8 Å². The van der Waals surface area contributed by atoms with E-state index in [0.29, 0.717) is 5.69 Å². The molecule has 2 amide bonds. The van der Waals surface area contributed by atoms with Crippen LogP contribution in [0.1, 0.15) is 18.3 Å². The van der Waals surface area contributed by atoms with Gasteiger partial charge in [-0.15, -0.1) is 0 Å². The number of hydrogen-bond acceptors (Lipinski definition) is 4. The fourth-order valence-corrected chi connectivity index (χ4v) is 2.19. The van der Waals surface area contributed by atoms with Gasteiger partial charge in [-0.2, -0.15) is 5.10 Å². The molecule has 2 aromatic rings. The third-order valence-corrected chi connectivity index (χ3v) is 3.38. The molecule has 0 spiro atoms. The maximum absolute atomic E-state index is 12.1. The lowest BCUT2D eigenvalue weighted by Crippen LogP contribution is -2.20. The van der Waals surface area contributed by atoms with Gasteiger partial charge < -0.3 is 15.5 Å². The van der Waals surface area contributed by atoms with E-state index in [0.717, 1.165) is 29.4 Å². The maximum Gasteiger partial charge on any atom is 0.323 e. The Kier molecular flexibility index (Phi) is 4.65. The largest absolute Gasteiger partial charge is 0.363 e. The minimum atomic E-state index is -0.304. The summed E-state index contributed by atoms with van der Waals surface area (Å²) in [5, 5.41) is 9.99. The van der Waals surface area contributed by atoms with E-state index in [9.17, 15) is 4.79 Å². The van der Waals surface area contributed by atoms with E-state index < -0.39 is 0 Å². The van der Waals surface area contributed by atoms with Crippen LogP contribution in [0.3, 0.4) is 0 Å². The predicted molar refractivity (Wildman–Crippen MR) is 88.6 cm³/mol. The van der Waals surface area contributed by atoms with Gasteiger partial charge in [0.05, 0.1) is 29.0 Å². The number of nitrogens with one attached hydrogen (secondary N) is 2. The molecule has 2 rings (SSSR count). The highest BCUT2D eigenvalue weighted by Crippen LogP contribution is 2.20. The summed E-state index contributed by atoms with van der Waals surface area (Å²) in [6.07, 6.45) is 1.63. The molecule has 0 saturated carbocycles. The van der Waals surface area contributed by atoms with Gasteiger partial charge in [0.1, 0.15) is 5.82 Å². The number of hydrogen-bond donors (Lipinski definition) is 2. The molecule has 2 N–H and O–H groups in total. The third kappa shape index (κ3) is 3.36. The Hall–Kier alpha value is -2.57. The third-order valence-electron chi connectivity index (χ3n) is 3.38. The molecule has 118 valence electrons. The van der Waals surface area contributed by atoms with Gasteiger partial charge in [0.2, 0.25) is 0 Å². The predicted octanol–water partition coefficient (Wildman–Crippen LogP) is 2.62. The molecular weight excluding hydrogens is 280 g/mol. The standard InChI is InChI=1S/C15H22N6O/c1-6-21-11(3)14(10(2)19-21)18-15(22)17-12-7-8-13(16-9-12)20(4)5/h7-9H,6H2,1-5H3,(H2,17,18,22). The summed E-state index contributed by atoms with van der Waals surface area (Å²) in [5.74, 6) is 0.835. The lowest BCUT2D eigenvalue weighted by atomic mass is 10.3. The van der Waals surface area contributed by atoms with Crippen molar-refractivity contribution in [3.8, 4) is 0 Å². The van der Waals surface area contributed by atoms with Crippen LogP contribution in [0.15, 0.2) is 18.3 Å². The van der Waals surface area contributed by atoms with E-state index >= 15 is 0 Å². The first kappa shape index (κ1) is 15.8. The molecule has 0 saturated heterocycles. The van der Waals surface area contributed by atoms with Crippen molar-refractivity contribution in [1.29, 1.82) is 0 Å². The molecule has 22 heavy (non-hydrogen) atoms. The topological polar surface area (TPSA) is 75.1 Å². The monoisotopic (exact) mass is 302 g/mol. The lowest BCUT2D eigenvalue weighted by molar-refractivity contribution is 0.262. The van der Waals surface area contributed by atoms with Gasteiger partial charge in [0.25, 0.3) is 0 Å². The molecule has 0 aliphatic carbocycles. The fraction of sp³-hybridized carbons (Fsp3) is 0.400. The van der Waals surface area contributed by atoms with Gasteiger partial charge in [0.15, 0.2) is 0 Å². The summed E-state index contributed by atoms with van der Waals surface area (Å²) in [6, 6.07) is 3.36. The first-order valence-electron chi connectivity index (χ1n) is 7.17. The van der Waals surface area contributed by atoms with Crippen molar-refractivity contribution >= 4 is 23.2 Å². The molecule has 0 bridgehead atoms. The summed E-state index contributed by atoms with van der Waals surface area (Å²) in [4.78, 5) is 18.3. The summed E-state index contributed by atoms with van der Waals surface area (Å²) in [7, 11) is 3.83. The van der Waals surface area contributed by atoms with Crippen LogP contribution in [0.5, 0.6) is 0 Å². The van der Waals surface area contributed by atoms with Crippen molar-refractivity contribution in [2.75, 3.05) is 29.6 Å². The fourth-order valence-electron chi connectivity index (χ4n) is 2.19. The smallest absolute Gasteiger partial charge is 0.323 e. The highest BCUT2D eigenvalue weighted by atomic mass is 16.2. The zero-order chi connectivity index (χ0) is 16.3. The number of carbonyl (C=O) groups excluding carboxylic acids is 1. The number of anilines is 3. The lowest BCUT2D eigenvalue weighted by Gasteiger charge is -2.12. The van der Waals surface area contributed by atoms with Crippen LogP contribution in [-0.2, 0) is 6.54 Å². The molecular formula is C15H22N6O. The van der Waals surface area contributed by atoms with E-state index in [1.54, 1.807) is 6.20 Å². The molecule has 0 aromatic carbocycles. The van der Waals surface area contributed by atoms with Crippen molar-refractivity contribution in [2.45, 2.75) is 27.3 Å². The SMILES string of the molecule is CCn1nc(C)c(NC(=O)Nc2ccc(N(C)C)nc2)c1C. The van der Waals surface area contributed by atoms with Gasteiger partial charge in [-0.05, 0) is 32.9 Å². The Bertz CT molecular complexity index is 659. The second kappa shape index (κ2) is 6.46. The molecule has 0 atom stereocenters. The summed E-state index contributed by atoms with van der Waals surface area (Å²) < 4.78 is 1.86. The van der Waals surface area contributed by atoms with Crippen LogP contribution in [0.4, 0.5) is 22.0 Å². The van der Waals surface area contributed by atoms with Gasteiger partial charge in [-0.3, -0.25) is 4.68 Å². The second-order valence-corrected chi connectivity index (χ2v) is 5.24. The number of nitrogens with zero attached hydrogens (tertiary/aromatic N) is 4. The maximum atomic E-state index is 12.1. The van der Waals surface area contributed by atoms with Crippen LogP contribution < -0.4 is 15.5 Å². The minimum Gasteiger partial charge on any atom is -0.363 e. The quantitative estimate of drug-likeness (QED) is 0.910. The van der Waals surface area contributed by atoms with E-state index in [1.807, 2.05) is 56.6 Å². The van der Waals surface area contributed by atoms with E-state index in [2.05, 4.69) is 20.7 Å². The van der Waals surface area contributed by atoms with Crippen molar-refractivity contribution in [3.05, 3.63) is 29.7 Å². The van der Waals surface area contributed by atoms with Crippen molar-refractivity contribution in [2.24, 2.45) is 0 Å². The van der Waals surface area contributed by atoms with Crippen molar-refractivity contribution < 1.29 is 4.79 Å². The summed E-state index contributed by atoms with van der Waals surface area (Å²) in [6.45, 7) is 6.60. The van der Waals surface area contributed by atoms with E-state index in [4.69, 9.17) is 0 Å². The molecule has 0 aliphatic heterocycles. The zero-order valence-corrected chi connectivity index (χ0v) is 13.6. The zero-order valence-electron chi connectivity index (χ0n) is 13.6. The Morgan fingerprint density at radius 3 is 2.50 bits per heavy atom. The molecule has 0 aliphatic rings. The average molecular weight is 302 g/mol. The van der Waals surface area contributed by atoms with Crippen molar-refractivity contribution in [3.63, 3.8) is 0 Å². The Labute approximate surface area is 130 Å². The molecule has 0 fully saturated rings. The number of carbonyl (C=O) groups is 1. The van der Waals surface area contributed by atoms with Crippen LogP contribution in [0.2, 0.25) is 0 Å². The van der Waals surface area contributed by atoms with Gasteiger partial charge in [0, 0.05) is 20.6 Å². The van der Waals surface area contributed by atoms with Crippen LogP contribution in [0.25, 0.3) is 0 Å². The normalized spacial score (nSPS) is 10.4. The van der Waals surface area contributed by atoms with Crippen LogP contribution in [0, 0.1) is 13.8 Å². The number of pyridine rings is 1. The highest BCUT2D eigenvalue weighted by Gasteiger charge is 2.13. The number of urea groups is 1. The van der Waals surface area contributed by atoms with Crippen LogP contribution in [-0.4, -0.2) is 34.9 Å². The molecule has 7 nitrogen and oxygen atoms in total. The van der Waals surface area contributed by atoms with Crippen LogP contribution >= 0.6 is 0 Å². The molecule has 0 radical (unpaired) electrons. The van der Waals surface area contributed by atoms with Gasteiger partial charge in [-0.1, -0.05) is 0 Å². The Balaban J connectivity index is 2.05. The first-order valence-corrected chi connectivity index (χ1v) is 7.17. The molecule has 2 aromatic heterocycles. The van der Waals surface area contributed by atoms with Gasteiger partial charge in [-0.25, -0.2) is 9.78 Å². The molecule has 7 heteroatoms. The summed E-state index contributed by atoms with van der Waals surface area (Å²) >= 11 is 0. The number of aryl methyl sites for hydroxylation is 2. The Morgan fingerprint density at radius 1 is 1.27 bits per heavy atom. The molecule has 2 heterocycles. The second-order valence-electron chi connectivity index (χ2n) is 5.24. The van der Waals surface area contributed by atoms with E-state index in [1.165, 1.54) is 0 Å². The van der Waals surface area contributed by atoms with Gasteiger partial charge >= 0.3 is 6.03 Å². The average Bonchev–Trinajstić information content (AvgIpc) is 2.75. The summed E-state index contributed by atoms with van der Waals surface area (Å²) in [5.41, 5.74) is 3.13. The Morgan fingerprint density at radius 2 is 2.00 bits per heavy atom. The number of amides is 2. The first-order chi connectivity index (χ1) is 10.4. The number of aromatic nitrogens is 3. The highest BCUT2D eigenvalue weighted by molar-refractivity contribution is 6.00. The molecule has 0 unspecified atom stereocenters.